The first-order valence-electron chi connectivity index (χ1n) is 6.59. The molecule has 1 saturated carbocycles. The van der Waals surface area contributed by atoms with E-state index in [1.165, 1.54) is 6.42 Å². The fourth-order valence-corrected chi connectivity index (χ4v) is 2.81. The topological polar surface area (TPSA) is 47.9 Å². The molecule has 1 aliphatic carbocycles. The van der Waals surface area contributed by atoms with Gasteiger partial charge in [-0.3, -0.25) is 0 Å². The molecule has 0 unspecified atom stereocenters. The van der Waals surface area contributed by atoms with E-state index in [1.54, 1.807) is 20.3 Å². The van der Waals surface area contributed by atoms with Crippen LogP contribution in [0.3, 0.4) is 0 Å². The minimum Gasteiger partial charge on any atom is -0.493 e. The van der Waals surface area contributed by atoms with Crippen LogP contribution in [-0.2, 0) is 4.79 Å². The first-order valence-corrected chi connectivity index (χ1v) is 6.59. The van der Waals surface area contributed by atoms with Gasteiger partial charge in [0.2, 0.25) is 6.08 Å². The normalized spacial score (nSPS) is 22.4. The highest BCUT2D eigenvalue weighted by Crippen LogP contribution is 2.38. The summed E-state index contributed by atoms with van der Waals surface area (Å²) in [7, 11) is 3.25. The van der Waals surface area contributed by atoms with Gasteiger partial charge in [0.05, 0.1) is 20.3 Å². The highest BCUT2D eigenvalue weighted by molar-refractivity contribution is 5.44. The lowest BCUT2D eigenvalue weighted by atomic mass is 9.80. The Hall–Kier alpha value is -1.80. The highest BCUT2D eigenvalue weighted by atomic mass is 16.5. The van der Waals surface area contributed by atoms with Crippen LogP contribution in [0.1, 0.15) is 37.2 Å². The van der Waals surface area contributed by atoms with E-state index in [0.29, 0.717) is 0 Å². The van der Waals surface area contributed by atoms with Crippen molar-refractivity contribution in [1.29, 1.82) is 0 Å². The number of rotatable bonds is 4. The van der Waals surface area contributed by atoms with Gasteiger partial charge < -0.3 is 9.47 Å². The fourth-order valence-electron chi connectivity index (χ4n) is 2.81. The van der Waals surface area contributed by atoms with Crippen molar-refractivity contribution >= 4 is 6.08 Å². The molecule has 0 saturated heterocycles. The van der Waals surface area contributed by atoms with Crippen LogP contribution in [-0.4, -0.2) is 26.3 Å². The molecule has 19 heavy (non-hydrogen) atoms. The van der Waals surface area contributed by atoms with Crippen LogP contribution in [0.25, 0.3) is 0 Å². The second-order valence-electron chi connectivity index (χ2n) is 4.79. The van der Waals surface area contributed by atoms with Crippen molar-refractivity contribution in [2.75, 3.05) is 14.2 Å². The SMILES string of the molecule is COc1ccc([C@H]2CCCC[C@@H]2N=C=O)cc1OC. The molecule has 0 aliphatic heterocycles. The van der Waals surface area contributed by atoms with Crippen LogP contribution in [0.4, 0.5) is 0 Å². The number of aliphatic imine (C=N–C) groups is 1. The van der Waals surface area contributed by atoms with Crippen molar-refractivity contribution < 1.29 is 14.3 Å². The highest BCUT2D eigenvalue weighted by Gasteiger charge is 2.27. The van der Waals surface area contributed by atoms with Gasteiger partial charge in [0, 0.05) is 5.92 Å². The Morgan fingerprint density at radius 2 is 1.89 bits per heavy atom. The molecule has 1 aromatic rings. The minimum absolute atomic E-state index is 0.0457. The monoisotopic (exact) mass is 261 g/mol. The van der Waals surface area contributed by atoms with Gasteiger partial charge in [0.1, 0.15) is 0 Å². The number of carbonyl (C=O) groups excluding carboxylic acids is 1. The molecule has 1 aliphatic rings. The second-order valence-corrected chi connectivity index (χ2v) is 4.79. The lowest BCUT2D eigenvalue weighted by Crippen LogP contribution is -2.21. The van der Waals surface area contributed by atoms with E-state index in [4.69, 9.17) is 9.47 Å². The smallest absolute Gasteiger partial charge is 0.235 e. The summed E-state index contributed by atoms with van der Waals surface area (Å²) in [6.07, 6.45) is 6.00. The Bertz CT molecular complexity index is 480. The Labute approximate surface area is 113 Å². The summed E-state index contributed by atoms with van der Waals surface area (Å²) < 4.78 is 10.6. The van der Waals surface area contributed by atoms with E-state index in [1.807, 2.05) is 18.2 Å². The average molecular weight is 261 g/mol. The van der Waals surface area contributed by atoms with Crippen LogP contribution in [0.15, 0.2) is 23.2 Å². The van der Waals surface area contributed by atoms with E-state index in [2.05, 4.69) is 4.99 Å². The first kappa shape index (κ1) is 13.6. The van der Waals surface area contributed by atoms with Crippen molar-refractivity contribution in [2.24, 2.45) is 4.99 Å². The van der Waals surface area contributed by atoms with Gasteiger partial charge in [-0.05, 0) is 30.5 Å². The summed E-state index contributed by atoms with van der Waals surface area (Å²) >= 11 is 0. The van der Waals surface area contributed by atoms with Gasteiger partial charge >= 0.3 is 0 Å². The Kier molecular flexibility index (Phi) is 4.58. The fraction of sp³-hybridized carbons (Fsp3) is 0.533. The summed E-state index contributed by atoms with van der Waals surface area (Å²) in [4.78, 5) is 14.5. The molecule has 0 heterocycles. The van der Waals surface area contributed by atoms with E-state index in [9.17, 15) is 4.79 Å². The van der Waals surface area contributed by atoms with E-state index in [0.717, 1.165) is 36.3 Å². The maximum atomic E-state index is 10.5. The van der Waals surface area contributed by atoms with Gasteiger partial charge in [-0.2, -0.15) is 0 Å². The zero-order chi connectivity index (χ0) is 13.7. The lowest BCUT2D eigenvalue weighted by molar-refractivity contribution is 0.351. The third kappa shape index (κ3) is 2.96. The maximum absolute atomic E-state index is 10.5. The maximum Gasteiger partial charge on any atom is 0.235 e. The largest absolute Gasteiger partial charge is 0.493 e. The van der Waals surface area contributed by atoms with E-state index < -0.39 is 0 Å². The molecular weight excluding hydrogens is 242 g/mol. The molecule has 2 rings (SSSR count). The number of hydrogen-bond donors (Lipinski definition) is 0. The predicted molar refractivity (Wildman–Crippen MR) is 72.7 cm³/mol. The molecule has 0 bridgehead atoms. The van der Waals surface area contributed by atoms with Gasteiger partial charge in [-0.15, -0.1) is 0 Å². The summed E-state index contributed by atoms with van der Waals surface area (Å²) in [5, 5.41) is 0. The van der Waals surface area contributed by atoms with Crippen molar-refractivity contribution in [3.05, 3.63) is 23.8 Å². The molecule has 4 nitrogen and oxygen atoms in total. The molecule has 2 atom stereocenters. The second kappa shape index (κ2) is 6.39. The van der Waals surface area contributed by atoms with Crippen LogP contribution < -0.4 is 9.47 Å². The molecule has 0 N–H and O–H groups in total. The third-order valence-corrected chi connectivity index (χ3v) is 3.78. The molecule has 1 fully saturated rings. The van der Waals surface area contributed by atoms with Crippen LogP contribution >= 0.6 is 0 Å². The number of ether oxygens (including phenoxy) is 2. The van der Waals surface area contributed by atoms with Crippen molar-refractivity contribution in [1.82, 2.24) is 0 Å². The molecular formula is C15H19NO3. The predicted octanol–water partition coefficient (Wildman–Crippen LogP) is 3.07. The zero-order valence-corrected chi connectivity index (χ0v) is 11.4. The molecule has 0 amide bonds. The summed E-state index contributed by atoms with van der Waals surface area (Å²) in [6, 6.07) is 5.97. The molecule has 0 radical (unpaired) electrons. The van der Waals surface area contributed by atoms with Crippen LogP contribution in [0.2, 0.25) is 0 Å². The van der Waals surface area contributed by atoms with Crippen molar-refractivity contribution in [3.8, 4) is 11.5 Å². The molecule has 102 valence electrons. The quantitative estimate of drug-likeness (QED) is 0.618. The number of hydrogen-bond acceptors (Lipinski definition) is 4. The van der Waals surface area contributed by atoms with Gasteiger partial charge in [0.15, 0.2) is 11.5 Å². The van der Waals surface area contributed by atoms with Crippen molar-refractivity contribution in [2.45, 2.75) is 37.6 Å². The Morgan fingerprint density at radius 3 is 2.58 bits per heavy atom. The minimum atomic E-state index is 0.0457. The van der Waals surface area contributed by atoms with Gasteiger partial charge in [0.25, 0.3) is 0 Å². The molecule has 0 spiro atoms. The van der Waals surface area contributed by atoms with Crippen LogP contribution in [0.5, 0.6) is 11.5 Å². The average Bonchev–Trinajstić information content (AvgIpc) is 2.47. The molecule has 1 aromatic carbocycles. The van der Waals surface area contributed by atoms with Gasteiger partial charge in [-0.1, -0.05) is 18.9 Å². The van der Waals surface area contributed by atoms with Crippen LogP contribution in [0, 0.1) is 0 Å². The lowest BCUT2D eigenvalue weighted by Gasteiger charge is -2.28. The Morgan fingerprint density at radius 1 is 1.16 bits per heavy atom. The standard InChI is InChI=1S/C15H19NO3/c1-18-14-8-7-11(9-15(14)19-2)12-5-3-4-6-13(12)16-10-17/h7-9,12-13H,3-6H2,1-2H3/t12-,13+/m1/s1. The number of isocyanates is 1. The summed E-state index contributed by atoms with van der Waals surface area (Å²) in [6.45, 7) is 0. The Balaban J connectivity index is 2.31. The number of methoxy groups -OCH3 is 2. The summed E-state index contributed by atoms with van der Waals surface area (Å²) in [5.74, 6) is 1.71. The number of nitrogens with zero attached hydrogens (tertiary/aromatic N) is 1. The van der Waals surface area contributed by atoms with Gasteiger partial charge in [-0.25, -0.2) is 9.79 Å². The number of benzene rings is 1. The molecule has 4 heteroatoms. The summed E-state index contributed by atoms with van der Waals surface area (Å²) in [5.41, 5.74) is 1.15. The molecule has 0 aromatic heterocycles. The third-order valence-electron chi connectivity index (χ3n) is 3.78. The first-order chi connectivity index (χ1) is 9.30. The zero-order valence-electron chi connectivity index (χ0n) is 11.4. The van der Waals surface area contributed by atoms with E-state index in [-0.39, 0.29) is 12.0 Å². The van der Waals surface area contributed by atoms with E-state index >= 15 is 0 Å². The van der Waals surface area contributed by atoms with Crippen molar-refractivity contribution in [3.63, 3.8) is 0 Å².